The number of ether oxygens (including phenoxy) is 1. The van der Waals surface area contributed by atoms with E-state index in [0.717, 1.165) is 0 Å². The first-order valence-corrected chi connectivity index (χ1v) is 6.38. The first-order chi connectivity index (χ1) is 10.0. The molecule has 0 unspecified atom stereocenters. The fraction of sp³-hybridized carbons (Fsp3) is 0.286. The van der Waals surface area contributed by atoms with Gasteiger partial charge in [0.15, 0.2) is 0 Å². The van der Waals surface area contributed by atoms with Crippen LogP contribution < -0.4 is 11.1 Å². The summed E-state index contributed by atoms with van der Waals surface area (Å²) in [6, 6.07) is 2.13. The third-order valence-corrected chi connectivity index (χ3v) is 2.50. The zero-order chi connectivity index (χ0) is 15.7. The molecule has 2 amide bonds. The van der Waals surface area contributed by atoms with Crippen LogP contribution in [0, 0.1) is 0 Å². The van der Waals surface area contributed by atoms with Gasteiger partial charge in [0.1, 0.15) is 6.04 Å². The van der Waals surface area contributed by atoms with Crippen molar-refractivity contribution >= 4 is 17.8 Å². The van der Waals surface area contributed by atoms with Crippen LogP contribution in [0.1, 0.15) is 23.7 Å². The maximum absolute atomic E-state index is 11.9. The summed E-state index contributed by atoms with van der Waals surface area (Å²) >= 11 is 0. The predicted molar refractivity (Wildman–Crippen MR) is 75.1 cm³/mol. The zero-order valence-electron chi connectivity index (χ0n) is 11.6. The Bertz CT molecular complexity index is 528. The van der Waals surface area contributed by atoms with Crippen molar-refractivity contribution in [1.29, 1.82) is 0 Å². The molecular weight excluding hydrogens is 274 g/mol. The standard InChI is InChI=1S/C14H17N3O4/c1-2-21-12(18)5-3-4-11(13(15)19)17-14(20)10-6-8-16-9-7-10/h3,5-9,11H,2,4H2,1H3,(H2,15,19)(H,17,20)/b5-3+/t11-/m0/s1. The molecule has 0 aliphatic heterocycles. The van der Waals surface area contributed by atoms with E-state index in [2.05, 4.69) is 10.3 Å². The van der Waals surface area contributed by atoms with Crippen molar-refractivity contribution in [3.8, 4) is 0 Å². The van der Waals surface area contributed by atoms with Crippen molar-refractivity contribution in [1.82, 2.24) is 10.3 Å². The van der Waals surface area contributed by atoms with E-state index in [-0.39, 0.29) is 13.0 Å². The summed E-state index contributed by atoms with van der Waals surface area (Å²) in [5.41, 5.74) is 5.59. The van der Waals surface area contributed by atoms with Crippen LogP contribution in [0.4, 0.5) is 0 Å². The molecule has 0 radical (unpaired) electrons. The first kappa shape index (κ1) is 16.4. The van der Waals surface area contributed by atoms with Gasteiger partial charge in [0, 0.05) is 24.0 Å². The smallest absolute Gasteiger partial charge is 0.330 e. The highest BCUT2D eigenvalue weighted by Crippen LogP contribution is 2.00. The molecular formula is C14H17N3O4. The summed E-state index contributed by atoms with van der Waals surface area (Å²) in [7, 11) is 0. The van der Waals surface area contributed by atoms with Crippen molar-refractivity contribution in [3.05, 3.63) is 42.2 Å². The van der Waals surface area contributed by atoms with E-state index < -0.39 is 23.8 Å². The van der Waals surface area contributed by atoms with E-state index in [1.807, 2.05) is 0 Å². The molecule has 1 heterocycles. The van der Waals surface area contributed by atoms with Crippen molar-refractivity contribution in [2.75, 3.05) is 6.61 Å². The summed E-state index contributed by atoms with van der Waals surface area (Å²) in [6.07, 6.45) is 5.66. The molecule has 7 heteroatoms. The van der Waals surface area contributed by atoms with Gasteiger partial charge in [-0.1, -0.05) is 6.08 Å². The Morgan fingerprint density at radius 3 is 2.62 bits per heavy atom. The maximum Gasteiger partial charge on any atom is 0.330 e. The van der Waals surface area contributed by atoms with Crippen LogP contribution in [-0.2, 0) is 14.3 Å². The SMILES string of the molecule is CCOC(=O)/C=C/C[C@H](NC(=O)c1ccncc1)C(N)=O. The van der Waals surface area contributed by atoms with E-state index in [9.17, 15) is 14.4 Å². The van der Waals surface area contributed by atoms with Crippen molar-refractivity contribution in [2.45, 2.75) is 19.4 Å². The molecule has 3 N–H and O–H groups in total. The molecule has 21 heavy (non-hydrogen) atoms. The van der Waals surface area contributed by atoms with E-state index in [1.165, 1.54) is 36.7 Å². The van der Waals surface area contributed by atoms with Crippen LogP contribution in [0.25, 0.3) is 0 Å². The number of esters is 1. The van der Waals surface area contributed by atoms with Crippen LogP contribution in [0.5, 0.6) is 0 Å². The van der Waals surface area contributed by atoms with Crippen LogP contribution in [0.2, 0.25) is 0 Å². The molecule has 1 rings (SSSR count). The monoisotopic (exact) mass is 291 g/mol. The van der Waals surface area contributed by atoms with Gasteiger partial charge in [0.05, 0.1) is 6.61 Å². The van der Waals surface area contributed by atoms with E-state index in [0.29, 0.717) is 5.56 Å². The fourth-order valence-electron chi connectivity index (χ4n) is 1.48. The molecule has 1 aromatic heterocycles. The number of nitrogens with two attached hydrogens (primary N) is 1. The Labute approximate surface area is 122 Å². The number of amides is 2. The van der Waals surface area contributed by atoms with Gasteiger partial charge in [-0.05, 0) is 25.5 Å². The lowest BCUT2D eigenvalue weighted by Gasteiger charge is -2.13. The molecule has 0 aliphatic rings. The number of hydrogen-bond donors (Lipinski definition) is 2. The van der Waals surface area contributed by atoms with Gasteiger partial charge in [-0.15, -0.1) is 0 Å². The van der Waals surface area contributed by atoms with Crippen molar-refractivity contribution < 1.29 is 19.1 Å². The average molecular weight is 291 g/mol. The van der Waals surface area contributed by atoms with Gasteiger partial charge in [-0.2, -0.15) is 0 Å². The predicted octanol–water partition coefficient (Wildman–Crippen LogP) is 0.175. The minimum atomic E-state index is -0.906. The molecule has 0 aromatic carbocycles. The molecule has 0 aliphatic carbocycles. The lowest BCUT2D eigenvalue weighted by atomic mass is 10.1. The number of primary amides is 1. The number of nitrogens with zero attached hydrogens (tertiary/aromatic N) is 1. The first-order valence-electron chi connectivity index (χ1n) is 6.38. The molecule has 1 aromatic rings. The van der Waals surface area contributed by atoms with E-state index >= 15 is 0 Å². The molecule has 0 saturated heterocycles. The molecule has 7 nitrogen and oxygen atoms in total. The zero-order valence-corrected chi connectivity index (χ0v) is 11.6. The summed E-state index contributed by atoms with van der Waals surface area (Å²) in [6.45, 7) is 1.95. The van der Waals surface area contributed by atoms with Gasteiger partial charge in [-0.3, -0.25) is 14.6 Å². The Morgan fingerprint density at radius 1 is 1.38 bits per heavy atom. The second-order valence-corrected chi connectivity index (χ2v) is 4.05. The second kappa shape index (κ2) is 8.47. The average Bonchev–Trinajstić information content (AvgIpc) is 2.47. The highest BCUT2D eigenvalue weighted by atomic mass is 16.5. The summed E-state index contributed by atoms with van der Waals surface area (Å²) in [5, 5.41) is 2.49. The highest BCUT2D eigenvalue weighted by molar-refractivity contribution is 5.97. The van der Waals surface area contributed by atoms with Crippen molar-refractivity contribution in [3.63, 3.8) is 0 Å². The van der Waals surface area contributed by atoms with Crippen LogP contribution in [-0.4, -0.2) is 35.4 Å². The Morgan fingerprint density at radius 2 is 2.05 bits per heavy atom. The molecule has 0 fully saturated rings. The highest BCUT2D eigenvalue weighted by Gasteiger charge is 2.17. The third kappa shape index (κ3) is 5.85. The number of aromatic nitrogens is 1. The number of hydrogen-bond acceptors (Lipinski definition) is 5. The number of carbonyl (C=O) groups excluding carboxylic acids is 3. The summed E-state index contributed by atoms with van der Waals surface area (Å²) in [5.74, 6) is -1.64. The molecule has 1 atom stereocenters. The quantitative estimate of drug-likeness (QED) is 0.549. The van der Waals surface area contributed by atoms with Gasteiger partial charge in [0.25, 0.3) is 5.91 Å². The normalized spacial score (nSPS) is 11.9. The number of rotatable bonds is 7. The number of carbonyl (C=O) groups is 3. The number of pyridine rings is 1. The fourth-order valence-corrected chi connectivity index (χ4v) is 1.48. The largest absolute Gasteiger partial charge is 0.463 e. The van der Waals surface area contributed by atoms with E-state index in [4.69, 9.17) is 10.5 Å². The molecule has 0 spiro atoms. The Hall–Kier alpha value is -2.70. The van der Waals surface area contributed by atoms with Gasteiger partial charge < -0.3 is 15.8 Å². The summed E-state index contributed by atoms with van der Waals surface area (Å²) < 4.78 is 4.70. The summed E-state index contributed by atoms with van der Waals surface area (Å²) in [4.78, 5) is 38.1. The lowest BCUT2D eigenvalue weighted by Crippen LogP contribution is -2.44. The Kier molecular flexibility index (Phi) is 6.59. The maximum atomic E-state index is 11.9. The molecule has 0 saturated carbocycles. The topological polar surface area (TPSA) is 111 Å². The van der Waals surface area contributed by atoms with Gasteiger partial charge in [0.2, 0.25) is 5.91 Å². The molecule has 0 bridgehead atoms. The minimum absolute atomic E-state index is 0.102. The third-order valence-electron chi connectivity index (χ3n) is 2.50. The van der Waals surface area contributed by atoms with Crippen molar-refractivity contribution in [2.24, 2.45) is 5.73 Å². The lowest BCUT2D eigenvalue weighted by molar-refractivity contribution is -0.137. The van der Waals surface area contributed by atoms with Crippen LogP contribution >= 0.6 is 0 Å². The second-order valence-electron chi connectivity index (χ2n) is 4.05. The van der Waals surface area contributed by atoms with Crippen LogP contribution in [0.15, 0.2) is 36.7 Å². The number of nitrogens with one attached hydrogen (secondary N) is 1. The minimum Gasteiger partial charge on any atom is -0.463 e. The molecule has 112 valence electrons. The van der Waals surface area contributed by atoms with Crippen LogP contribution in [0.3, 0.4) is 0 Å². The van der Waals surface area contributed by atoms with E-state index in [1.54, 1.807) is 6.92 Å². The van der Waals surface area contributed by atoms with Gasteiger partial charge >= 0.3 is 5.97 Å². The van der Waals surface area contributed by atoms with Gasteiger partial charge in [-0.25, -0.2) is 4.79 Å². The Balaban J connectivity index is 2.60.